The zero-order valence-electron chi connectivity index (χ0n) is 11.7. The highest BCUT2D eigenvalue weighted by Crippen LogP contribution is 2.21. The van der Waals surface area contributed by atoms with Gasteiger partial charge in [-0.25, -0.2) is 4.79 Å². The van der Waals surface area contributed by atoms with Gasteiger partial charge in [-0.3, -0.25) is 10.1 Å². The molecule has 0 heterocycles. The van der Waals surface area contributed by atoms with Crippen LogP contribution in [0.1, 0.15) is 18.9 Å². The molecule has 0 saturated heterocycles. The van der Waals surface area contributed by atoms with Crippen molar-refractivity contribution >= 4 is 35.1 Å². The fourth-order valence-corrected chi connectivity index (χ4v) is 2.16. The number of nitrogens with one attached hydrogen (secondary N) is 2. The van der Waals surface area contributed by atoms with E-state index in [-0.39, 0.29) is 5.57 Å². The van der Waals surface area contributed by atoms with Crippen LogP contribution in [0.2, 0.25) is 10.0 Å². The maximum atomic E-state index is 11.7. The normalized spacial score (nSPS) is 11.2. The summed E-state index contributed by atoms with van der Waals surface area (Å²) >= 11 is 11.9. The smallest absolute Gasteiger partial charge is 0.319 e. The first-order chi connectivity index (χ1) is 10.4. The first-order valence-electron chi connectivity index (χ1n) is 6.30. The number of allylic oxidation sites excluding steroid dienone is 1. The van der Waals surface area contributed by atoms with Crippen molar-refractivity contribution in [3.8, 4) is 6.07 Å². The molecule has 22 heavy (non-hydrogen) atoms. The second-order valence-corrected chi connectivity index (χ2v) is 5.07. The van der Waals surface area contributed by atoms with Crippen molar-refractivity contribution < 1.29 is 9.59 Å². The molecule has 1 aromatic carbocycles. The lowest BCUT2D eigenvalue weighted by atomic mass is 10.1. The molecule has 0 atom stereocenters. The number of amides is 3. The molecule has 116 valence electrons. The first-order valence-corrected chi connectivity index (χ1v) is 7.06. The van der Waals surface area contributed by atoms with Crippen molar-refractivity contribution in [2.24, 2.45) is 5.73 Å². The highest BCUT2D eigenvalue weighted by molar-refractivity contribution is 6.35. The molecule has 0 unspecified atom stereocenters. The third kappa shape index (κ3) is 4.95. The predicted octanol–water partition coefficient (Wildman–Crippen LogP) is 2.47. The molecule has 1 aromatic rings. The fourth-order valence-electron chi connectivity index (χ4n) is 1.69. The van der Waals surface area contributed by atoms with Crippen molar-refractivity contribution in [2.75, 3.05) is 0 Å². The molecule has 0 bridgehead atoms. The number of rotatable bonds is 5. The zero-order chi connectivity index (χ0) is 16.7. The lowest BCUT2D eigenvalue weighted by Crippen LogP contribution is -2.36. The minimum atomic E-state index is -1.02. The number of nitriles is 1. The van der Waals surface area contributed by atoms with Crippen LogP contribution in [0.25, 0.3) is 0 Å². The van der Waals surface area contributed by atoms with E-state index in [1.165, 1.54) is 0 Å². The van der Waals surface area contributed by atoms with Gasteiger partial charge in [-0.2, -0.15) is 5.26 Å². The summed E-state index contributed by atoms with van der Waals surface area (Å²) in [6.07, 6.45) is 0.389. The van der Waals surface area contributed by atoms with Crippen molar-refractivity contribution in [3.05, 3.63) is 45.1 Å². The Bertz CT molecular complexity index is 665. The number of hydrogen-bond acceptors (Lipinski definition) is 4. The summed E-state index contributed by atoms with van der Waals surface area (Å²) in [5.74, 6) is -0.846. The van der Waals surface area contributed by atoms with Crippen molar-refractivity contribution in [1.29, 1.82) is 5.26 Å². The number of benzene rings is 1. The van der Waals surface area contributed by atoms with Gasteiger partial charge in [-0.05, 0) is 24.1 Å². The standard InChI is InChI=1S/C14H14Cl2N4O2/c1-2-12(10(6-17)13(21)20-14(18)22)19-7-8-3-4-9(15)5-11(8)16/h3-5,19H,2,7H2,1H3,(H3,18,20,21,22)/b12-10+. The van der Waals surface area contributed by atoms with Crippen molar-refractivity contribution in [2.45, 2.75) is 19.9 Å². The number of primary amides is 1. The molecule has 0 aromatic heterocycles. The monoisotopic (exact) mass is 340 g/mol. The minimum absolute atomic E-state index is 0.202. The van der Waals surface area contributed by atoms with Crippen LogP contribution in [0.5, 0.6) is 0 Å². The van der Waals surface area contributed by atoms with E-state index in [9.17, 15) is 9.59 Å². The van der Waals surface area contributed by atoms with Crippen LogP contribution in [-0.2, 0) is 11.3 Å². The van der Waals surface area contributed by atoms with E-state index >= 15 is 0 Å². The second-order valence-electron chi connectivity index (χ2n) is 4.23. The molecule has 0 spiro atoms. The Kier molecular flexibility index (Phi) is 6.70. The average Bonchev–Trinajstić information content (AvgIpc) is 2.44. The zero-order valence-corrected chi connectivity index (χ0v) is 13.3. The average molecular weight is 341 g/mol. The number of urea groups is 1. The molecule has 0 aliphatic rings. The molecule has 6 nitrogen and oxygen atoms in total. The summed E-state index contributed by atoms with van der Waals surface area (Å²) in [4.78, 5) is 22.4. The topological polar surface area (TPSA) is 108 Å². The van der Waals surface area contributed by atoms with Crippen LogP contribution in [0, 0.1) is 11.3 Å². The van der Waals surface area contributed by atoms with Gasteiger partial charge in [0.15, 0.2) is 0 Å². The Morgan fingerprint density at radius 1 is 1.36 bits per heavy atom. The summed E-state index contributed by atoms with van der Waals surface area (Å²) in [5, 5.41) is 14.9. The molecule has 0 fully saturated rings. The van der Waals surface area contributed by atoms with Crippen molar-refractivity contribution in [1.82, 2.24) is 10.6 Å². The number of nitrogens with zero attached hydrogens (tertiary/aromatic N) is 1. The molecule has 3 amide bonds. The molecule has 1 rings (SSSR count). The van der Waals surface area contributed by atoms with Crippen LogP contribution in [0.3, 0.4) is 0 Å². The van der Waals surface area contributed by atoms with Gasteiger partial charge >= 0.3 is 6.03 Å². The number of hydrogen-bond donors (Lipinski definition) is 3. The molecular weight excluding hydrogens is 327 g/mol. The Balaban J connectivity index is 2.94. The predicted molar refractivity (Wildman–Crippen MR) is 84.0 cm³/mol. The number of imide groups is 1. The maximum Gasteiger partial charge on any atom is 0.319 e. The lowest BCUT2D eigenvalue weighted by Gasteiger charge is -2.12. The Labute approximate surface area is 137 Å². The molecule has 4 N–H and O–H groups in total. The summed E-state index contributed by atoms with van der Waals surface area (Å²) in [6.45, 7) is 2.06. The van der Waals surface area contributed by atoms with Gasteiger partial charge in [0.25, 0.3) is 5.91 Å². The third-order valence-electron chi connectivity index (χ3n) is 2.74. The summed E-state index contributed by atoms with van der Waals surface area (Å²) < 4.78 is 0. The quantitative estimate of drug-likeness (QED) is 0.565. The summed E-state index contributed by atoms with van der Waals surface area (Å²) in [7, 11) is 0. The molecular formula is C14H14Cl2N4O2. The number of halogens is 2. The highest BCUT2D eigenvalue weighted by atomic mass is 35.5. The summed E-state index contributed by atoms with van der Waals surface area (Å²) in [5.41, 5.74) is 5.81. The van der Waals surface area contributed by atoms with Crippen molar-refractivity contribution in [3.63, 3.8) is 0 Å². The van der Waals surface area contributed by atoms with Gasteiger partial charge in [0.1, 0.15) is 11.6 Å². The molecule has 0 aliphatic heterocycles. The van der Waals surface area contributed by atoms with Crippen LogP contribution >= 0.6 is 23.2 Å². The molecule has 0 saturated carbocycles. The minimum Gasteiger partial charge on any atom is -0.383 e. The largest absolute Gasteiger partial charge is 0.383 e. The van der Waals surface area contributed by atoms with Gasteiger partial charge in [-0.15, -0.1) is 0 Å². The van der Waals surface area contributed by atoms with E-state index in [1.807, 2.05) is 5.32 Å². The van der Waals surface area contributed by atoms with Gasteiger partial charge in [-0.1, -0.05) is 36.2 Å². The van der Waals surface area contributed by atoms with Gasteiger partial charge < -0.3 is 11.1 Å². The third-order valence-corrected chi connectivity index (χ3v) is 3.33. The van der Waals surface area contributed by atoms with E-state index in [0.29, 0.717) is 28.7 Å². The molecule has 8 heteroatoms. The Hall–Kier alpha value is -2.23. The Morgan fingerprint density at radius 2 is 2.05 bits per heavy atom. The number of nitrogens with two attached hydrogens (primary N) is 1. The van der Waals surface area contributed by atoms with E-state index in [0.717, 1.165) is 5.56 Å². The highest BCUT2D eigenvalue weighted by Gasteiger charge is 2.16. The van der Waals surface area contributed by atoms with E-state index in [4.69, 9.17) is 34.2 Å². The number of carbonyl (C=O) groups is 2. The van der Waals surface area contributed by atoms with Gasteiger partial charge in [0.05, 0.1) is 0 Å². The van der Waals surface area contributed by atoms with Gasteiger partial charge in [0.2, 0.25) is 0 Å². The van der Waals surface area contributed by atoms with Crippen LogP contribution in [0.15, 0.2) is 29.5 Å². The first kappa shape index (κ1) is 17.8. The SMILES string of the molecule is CC/C(NCc1ccc(Cl)cc1Cl)=C(/C#N)C(=O)NC(N)=O. The number of carbonyl (C=O) groups excluding carboxylic acids is 2. The lowest BCUT2D eigenvalue weighted by molar-refractivity contribution is -0.116. The Morgan fingerprint density at radius 3 is 2.55 bits per heavy atom. The van der Waals surface area contributed by atoms with Crippen LogP contribution < -0.4 is 16.4 Å². The maximum absolute atomic E-state index is 11.7. The molecule has 0 radical (unpaired) electrons. The second kappa shape index (κ2) is 8.27. The molecule has 0 aliphatic carbocycles. The van der Waals surface area contributed by atoms with E-state index in [1.54, 1.807) is 31.2 Å². The van der Waals surface area contributed by atoms with Crippen LogP contribution in [0.4, 0.5) is 4.79 Å². The fraction of sp³-hybridized carbons (Fsp3) is 0.214. The summed E-state index contributed by atoms with van der Waals surface area (Å²) in [6, 6.07) is 5.76. The van der Waals surface area contributed by atoms with Gasteiger partial charge in [0, 0.05) is 22.3 Å². The van der Waals surface area contributed by atoms with Crippen LogP contribution in [-0.4, -0.2) is 11.9 Å². The van der Waals surface area contributed by atoms with E-state index < -0.39 is 11.9 Å². The van der Waals surface area contributed by atoms with E-state index in [2.05, 4.69) is 5.32 Å².